The van der Waals surface area contributed by atoms with Crippen LogP contribution < -0.4 is 15.4 Å². The van der Waals surface area contributed by atoms with Gasteiger partial charge in [0.25, 0.3) is 0 Å². The standard InChI is InChI=1S/C22H31N5O2.HI/c1-3-29-21-19(9-6-10-24-21)16-26-22(23-2)25-15-18-7-4-5-8-20(18)17-27-11-13-28-14-12-27;/h4-10H,3,11-17H2,1-2H3,(H2,23,25,26);1H. The van der Waals surface area contributed by atoms with Gasteiger partial charge in [-0.2, -0.15) is 0 Å². The minimum Gasteiger partial charge on any atom is -0.478 e. The first-order valence-electron chi connectivity index (χ1n) is 10.2. The molecule has 0 amide bonds. The molecule has 1 aliphatic rings. The summed E-state index contributed by atoms with van der Waals surface area (Å²) >= 11 is 0. The second kappa shape index (κ2) is 13.4. The molecule has 1 saturated heterocycles. The van der Waals surface area contributed by atoms with Crippen molar-refractivity contribution in [1.29, 1.82) is 0 Å². The third kappa shape index (κ3) is 7.41. The summed E-state index contributed by atoms with van der Waals surface area (Å²) < 4.78 is 11.1. The van der Waals surface area contributed by atoms with Gasteiger partial charge < -0.3 is 20.1 Å². The van der Waals surface area contributed by atoms with Gasteiger partial charge in [0.05, 0.1) is 19.8 Å². The van der Waals surface area contributed by atoms with E-state index in [9.17, 15) is 0 Å². The molecule has 164 valence electrons. The van der Waals surface area contributed by atoms with Gasteiger partial charge in [0.2, 0.25) is 5.88 Å². The van der Waals surface area contributed by atoms with Crippen LogP contribution in [-0.4, -0.2) is 55.8 Å². The van der Waals surface area contributed by atoms with Crippen LogP contribution in [0.5, 0.6) is 5.88 Å². The Bertz CT molecular complexity index is 797. The first-order chi connectivity index (χ1) is 14.3. The average Bonchev–Trinajstić information content (AvgIpc) is 2.77. The summed E-state index contributed by atoms with van der Waals surface area (Å²) in [4.78, 5) is 11.1. The Hall–Kier alpha value is -1.91. The molecule has 2 aromatic rings. The first kappa shape index (κ1) is 24.4. The number of guanidine groups is 1. The van der Waals surface area contributed by atoms with Crippen molar-refractivity contribution in [2.24, 2.45) is 4.99 Å². The maximum Gasteiger partial charge on any atom is 0.218 e. The minimum absolute atomic E-state index is 0. The molecule has 1 fully saturated rings. The lowest BCUT2D eigenvalue weighted by molar-refractivity contribution is 0.0341. The molecule has 1 aliphatic heterocycles. The summed E-state index contributed by atoms with van der Waals surface area (Å²) in [5.41, 5.74) is 3.62. The highest BCUT2D eigenvalue weighted by Crippen LogP contribution is 2.14. The molecular formula is C22H32IN5O2. The van der Waals surface area contributed by atoms with Gasteiger partial charge in [-0.3, -0.25) is 9.89 Å². The quantitative estimate of drug-likeness (QED) is 0.314. The lowest BCUT2D eigenvalue weighted by Gasteiger charge is -2.27. The lowest BCUT2D eigenvalue weighted by atomic mass is 10.1. The van der Waals surface area contributed by atoms with E-state index in [4.69, 9.17) is 9.47 Å². The molecule has 0 spiro atoms. The average molecular weight is 525 g/mol. The summed E-state index contributed by atoms with van der Waals surface area (Å²) in [5.74, 6) is 1.41. The van der Waals surface area contributed by atoms with Crippen molar-refractivity contribution >= 4 is 29.9 Å². The van der Waals surface area contributed by atoms with Crippen LogP contribution in [0.2, 0.25) is 0 Å². The minimum atomic E-state index is 0. The van der Waals surface area contributed by atoms with Gasteiger partial charge >= 0.3 is 0 Å². The van der Waals surface area contributed by atoms with Crippen LogP contribution in [0, 0.1) is 0 Å². The topological polar surface area (TPSA) is 71.0 Å². The van der Waals surface area contributed by atoms with Crippen molar-refractivity contribution < 1.29 is 9.47 Å². The molecule has 2 N–H and O–H groups in total. The Kier molecular flexibility index (Phi) is 10.9. The van der Waals surface area contributed by atoms with Crippen LogP contribution in [0.25, 0.3) is 0 Å². The molecular weight excluding hydrogens is 493 g/mol. The van der Waals surface area contributed by atoms with Crippen LogP contribution in [-0.2, 0) is 24.4 Å². The van der Waals surface area contributed by atoms with Gasteiger partial charge in [0, 0.05) is 51.5 Å². The molecule has 0 saturated carbocycles. The molecule has 2 heterocycles. The molecule has 1 aromatic carbocycles. The van der Waals surface area contributed by atoms with E-state index in [1.807, 2.05) is 19.1 Å². The largest absolute Gasteiger partial charge is 0.478 e. The van der Waals surface area contributed by atoms with Crippen molar-refractivity contribution in [3.8, 4) is 5.88 Å². The van der Waals surface area contributed by atoms with Crippen molar-refractivity contribution in [3.05, 3.63) is 59.3 Å². The number of nitrogens with one attached hydrogen (secondary N) is 2. The maximum atomic E-state index is 5.60. The molecule has 30 heavy (non-hydrogen) atoms. The second-order valence-electron chi connectivity index (χ2n) is 6.84. The van der Waals surface area contributed by atoms with E-state index in [0.29, 0.717) is 25.6 Å². The van der Waals surface area contributed by atoms with Crippen LogP contribution in [0.3, 0.4) is 0 Å². The Morgan fingerprint density at radius 1 is 1.07 bits per heavy atom. The van der Waals surface area contributed by atoms with E-state index >= 15 is 0 Å². The van der Waals surface area contributed by atoms with Crippen molar-refractivity contribution in [1.82, 2.24) is 20.5 Å². The maximum absolute atomic E-state index is 5.60. The monoisotopic (exact) mass is 525 g/mol. The third-order valence-corrected chi connectivity index (χ3v) is 4.86. The zero-order chi connectivity index (χ0) is 20.3. The van der Waals surface area contributed by atoms with E-state index in [1.54, 1.807) is 13.2 Å². The number of ether oxygens (including phenoxy) is 2. The molecule has 0 atom stereocenters. The van der Waals surface area contributed by atoms with E-state index < -0.39 is 0 Å². The van der Waals surface area contributed by atoms with Crippen molar-refractivity contribution in [2.75, 3.05) is 40.0 Å². The molecule has 3 rings (SSSR count). The number of hydrogen-bond acceptors (Lipinski definition) is 5. The number of nitrogens with zero attached hydrogens (tertiary/aromatic N) is 3. The molecule has 1 aromatic heterocycles. The summed E-state index contributed by atoms with van der Waals surface area (Å²) in [6.45, 7) is 8.41. The fraction of sp³-hybridized carbons (Fsp3) is 0.455. The molecule has 8 heteroatoms. The zero-order valence-corrected chi connectivity index (χ0v) is 20.1. The number of aliphatic imine (C=N–C) groups is 1. The number of benzene rings is 1. The van der Waals surface area contributed by atoms with E-state index in [2.05, 4.69) is 49.8 Å². The number of pyridine rings is 1. The fourth-order valence-electron chi connectivity index (χ4n) is 3.29. The first-order valence-corrected chi connectivity index (χ1v) is 10.2. The van der Waals surface area contributed by atoms with Gasteiger partial charge in [-0.1, -0.05) is 30.3 Å². The Morgan fingerprint density at radius 3 is 2.43 bits per heavy atom. The van der Waals surface area contributed by atoms with Gasteiger partial charge in [0.15, 0.2) is 5.96 Å². The van der Waals surface area contributed by atoms with E-state index in [1.165, 1.54) is 11.1 Å². The van der Waals surface area contributed by atoms with Crippen molar-refractivity contribution in [3.63, 3.8) is 0 Å². The highest BCUT2D eigenvalue weighted by molar-refractivity contribution is 14.0. The molecule has 0 unspecified atom stereocenters. The molecule has 0 bridgehead atoms. The predicted octanol–water partition coefficient (Wildman–Crippen LogP) is 2.80. The van der Waals surface area contributed by atoms with E-state index in [-0.39, 0.29) is 24.0 Å². The number of aromatic nitrogens is 1. The second-order valence-corrected chi connectivity index (χ2v) is 6.84. The summed E-state index contributed by atoms with van der Waals surface area (Å²) in [5, 5.41) is 6.77. The highest BCUT2D eigenvalue weighted by atomic mass is 127. The SMILES string of the molecule is CCOc1ncccc1CNC(=NC)NCc1ccccc1CN1CCOCC1.I. The van der Waals surface area contributed by atoms with Crippen molar-refractivity contribution in [2.45, 2.75) is 26.6 Å². The van der Waals surface area contributed by atoms with Crippen LogP contribution >= 0.6 is 24.0 Å². The van der Waals surface area contributed by atoms with E-state index in [0.717, 1.165) is 44.4 Å². The van der Waals surface area contributed by atoms with Crippen LogP contribution in [0.4, 0.5) is 0 Å². The number of morpholine rings is 1. The molecule has 0 aliphatic carbocycles. The zero-order valence-electron chi connectivity index (χ0n) is 17.8. The summed E-state index contributed by atoms with van der Waals surface area (Å²) in [6, 6.07) is 12.5. The fourth-order valence-corrected chi connectivity index (χ4v) is 3.29. The van der Waals surface area contributed by atoms with Gasteiger partial charge in [-0.05, 0) is 24.1 Å². The lowest BCUT2D eigenvalue weighted by Crippen LogP contribution is -2.37. The van der Waals surface area contributed by atoms with Gasteiger partial charge in [0.1, 0.15) is 0 Å². The Labute approximate surface area is 196 Å². The Morgan fingerprint density at radius 2 is 1.73 bits per heavy atom. The predicted molar refractivity (Wildman–Crippen MR) is 130 cm³/mol. The summed E-state index contributed by atoms with van der Waals surface area (Å²) in [7, 11) is 1.78. The van der Waals surface area contributed by atoms with Gasteiger partial charge in [-0.15, -0.1) is 24.0 Å². The van der Waals surface area contributed by atoms with Gasteiger partial charge in [-0.25, -0.2) is 4.98 Å². The number of rotatable bonds is 8. The molecule has 0 radical (unpaired) electrons. The molecule has 7 nitrogen and oxygen atoms in total. The smallest absolute Gasteiger partial charge is 0.218 e. The normalized spacial score (nSPS) is 14.7. The highest BCUT2D eigenvalue weighted by Gasteiger charge is 2.13. The summed E-state index contributed by atoms with van der Waals surface area (Å²) in [6.07, 6.45) is 1.74. The Balaban J connectivity index is 0.00000320. The van der Waals surface area contributed by atoms with Crippen LogP contribution in [0.1, 0.15) is 23.6 Å². The third-order valence-electron chi connectivity index (χ3n) is 4.86. The van der Waals surface area contributed by atoms with Crippen LogP contribution in [0.15, 0.2) is 47.6 Å². The number of hydrogen-bond donors (Lipinski definition) is 2. The number of halogens is 1.